The fraction of sp³-hybridized carbons (Fsp3) is 0.333. The van der Waals surface area contributed by atoms with Crippen molar-refractivity contribution in [1.82, 2.24) is 10.2 Å². The number of para-hydroxylation sites is 1. The normalized spacial score (nSPS) is 22.5. The second-order valence-corrected chi connectivity index (χ2v) is 10.6. The van der Waals surface area contributed by atoms with Crippen LogP contribution in [0.25, 0.3) is 0 Å². The van der Waals surface area contributed by atoms with E-state index in [-0.39, 0.29) is 12.7 Å². The van der Waals surface area contributed by atoms with Crippen LogP contribution in [0.5, 0.6) is 23.0 Å². The smallest absolute Gasteiger partial charge is 0.236 e. The molecule has 1 amide bonds. The third-order valence-corrected chi connectivity index (χ3v) is 7.96. The molecule has 3 aromatic carbocycles. The van der Waals surface area contributed by atoms with Gasteiger partial charge in [-0.25, -0.2) is 0 Å². The standard InChI is InChI=1S/C30H31N3O5S/c1-5-35-23-8-6-7-20-26-25(28(34)31-21-11-9-17(2)13-18(21)3)30(4,38-27(20)23)33(29(39)32-26)15-19-10-12-22-24(14-19)37-16-36-22/h6-14,25-26H,5,15-16H2,1-4H3,(H,31,34)(H,32,39)/t25-,26+,30-/m0/s1. The molecule has 0 aliphatic carbocycles. The van der Waals surface area contributed by atoms with Crippen LogP contribution in [0.3, 0.4) is 0 Å². The van der Waals surface area contributed by atoms with Crippen LogP contribution in [0, 0.1) is 19.8 Å². The summed E-state index contributed by atoms with van der Waals surface area (Å²) in [6, 6.07) is 17.1. The molecule has 1 saturated heterocycles. The Balaban J connectivity index is 1.42. The Morgan fingerprint density at radius 1 is 1.15 bits per heavy atom. The number of nitrogens with zero attached hydrogens (tertiary/aromatic N) is 1. The van der Waals surface area contributed by atoms with E-state index in [0.29, 0.717) is 41.3 Å². The van der Waals surface area contributed by atoms with Crippen LogP contribution in [0.15, 0.2) is 54.6 Å². The Labute approximate surface area is 233 Å². The molecule has 9 heteroatoms. The monoisotopic (exact) mass is 545 g/mol. The minimum absolute atomic E-state index is 0.160. The topological polar surface area (TPSA) is 81.3 Å². The number of carbonyl (C=O) groups excluding carboxylic acids is 1. The highest BCUT2D eigenvalue weighted by Crippen LogP contribution is 2.52. The number of thiocarbonyl (C=S) groups is 1. The lowest BCUT2D eigenvalue weighted by atomic mass is 9.78. The van der Waals surface area contributed by atoms with E-state index in [1.54, 1.807) is 0 Å². The molecular formula is C30H31N3O5S. The largest absolute Gasteiger partial charge is 0.490 e. The number of anilines is 1. The van der Waals surface area contributed by atoms with Gasteiger partial charge in [0.15, 0.2) is 33.8 Å². The molecule has 8 nitrogen and oxygen atoms in total. The zero-order valence-electron chi connectivity index (χ0n) is 22.4. The van der Waals surface area contributed by atoms with Crippen LogP contribution in [0.4, 0.5) is 5.69 Å². The minimum atomic E-state index is -1.12. The van der Waals surface area contributed by atoms with Crippen LogP contribution in [-0.4, -0.2) is 35.0 Å². The van der Waals surface area contributed by atoms with E-state index < -0.39 is 17.7 Å². The second-order valence-electron chi connectivity index (χ2n) is 10.3. The molecule has 2 N–H and O–H groups in total. The van der Waals surface area contributed by atoms with Crippen LogP contribution < -0.4 is 29.6 Å². The number of rotatable bonds is 6. The van der Waals surface area contributed by atoms with Gasteiger partial charge in [-0.05, 0) is 75.3 Å². The summed E-state index contributed by atoms with van der Waals surface area (Å²) in [5.74, 6) is 1.85. The van der Waals surface area contributed by atoms with E-state index in [1.165, 1.54) is 0 Å². The average Bonchev–Trinajstić information content (AvgIpc) is 3.37. The molecule has 0 saturated carbocycles. The Morgan fingerprint density at radius 2 is 1.97 bits per heavy atom. The number of hydrogen-bond donors (Lipinski definition) is 2. The molecule has 0 unspecified atom stereocenters. The van der Waals surface area contributed by atoms with E-state index in [0.717, 1.165) is 27.9 Å². The maximum Gasteiger partial charge on any atom is 0.236 e. The number of fused-ring (bicyclic) bond motifs is 5. The molecule has 3 aliphatic rings. The van der Waals surface area contributed by atoms with Crippen LogP contribution in [0.2, 0.25) is 0 Å². The van der Waals surface area contributed by atoms with Gasteiger partial charge in [-0.15, -0.1) is 0 Å². The molecule has 3 aliphatic heterocycles. The van der Waals surface area contributed by atoms with E-state index >= 15 is 0 Å². The zero-order valence-corrected chi connectivity index (χ0v) is 23.2. The molecular weight excluding hydrogens is 514 g/mol. The molecule has 3 heterocycles. The summed E-state index contributed by atoms with van der Waals surface area (Å²) in [4.78, 5) is 16.1. The van der Waals surface area contributed by atoms with Crippen molar-refractivity contribution in [2.24, 2.45) is 5.92 Å². The number of benzene rings is 3. The first kappa shape index (κ1) is 25.3. The number of ether oxygens (including phenoxy) is 4. The van der Waals surface area contributed by atoms with Crippen molar-refractivity contribution in [3.63, 3.8) is 0 Å². The minimum Gasteiger partial charge on any atom is -0.490 e. The lowest BCUT2D eigenvalue weighted by Gasteiger charge is -2.56. The van der Waals surface area contributed by atoms with E-state index in [4.69, 9.17) is 31.2 Å². The lowest BCUT2D eigenvalue weighted by molar-refractivity contribution is -0.151. The summed E-state index contributed by atoms with van der Waals surface area (Å²) in [5.41, 5.74) is 3.57. The SMILES string of the molecule is CCOc1cccc2c1O[C@@]1(C)[C@H](C(=O)Nc3ccc(C)cc3C)[C@@H]2NC(=S)N1Cc1ccc2c(c1)OCO2. The number of hydrogen-bond acceptors (Lipinski definition) is 6. The highest BCUT2D eigenvalue weighted by Gasteiger charge is 2.59. The van der Waals surface area contributed by atoms with Gasteiger partial charge in [-0.2, -0.15) is 0 Å². The summed E-state index contributed by atoms with van der Waals surface area (Å²) >= 11 is 5.89. The fourth-order valence-corrected chi connectivity index (χ4v) is 6.09. The second kappa shape index (κ2) is 9.64. The summed E-state index contributed by atoms with van der Waals surface area (Å²) in [6.45, 7) is 8.97. The zero-order chi connectivity index (χ0) is 27.3. The van der Waals surface area contributed by atoms with Gasteiger partial charge in [0.2, 0.25) is 12.7 Å². The number of nitrogens with one attached hydrogen (secondary N) is 2. The molecule has 0 radical (unpaired) electrons. The van der Waals surface area contributed by atoms with Crippen molar-refractivity contribution in [3.05, 3.63) is 76.9 Å². The van der Waals surface area contributed by atoms with Crippen LogP contribution >= 0.6 is 12.2 Å². The predicted octanol–water partition coefficient (Wildman–Crippen LogP) is 5.23. The first-order valence-corrected chi connectivity index (χ1v) is 13.5. The van der Waals surface area contributed by atoms with E-state index in [1.807, 2.05) is 81.1 Å². The van der Waals surface area contributed by atoms with E-state index in [9.17, 15) is 4.79 Å². The predicted molar refractivity (Wildman–Crippen MR) is 151 cm³/mol. The quantitative estimate of drug-likeness (QED) is 0.408. The summed E-state index contributed by atoms with van der Waals surface area (Å²) in [7, 11) is 0. The summed E-state index contributed by atoms with van der Waals surface area (Å²) < 4.78 is 23.8. The van der Waals surface area contributed by atoms with Crippen LogP contribution in [0.1, 0.15) is 42.1 Å². The molecule has 3 atom stereocenters. The van der Waals surface area contributed by atoms with Gasteiger partial charge >= 0.3 is 0 Å². The molecule has 0 spiro atoms. The number of aryl methyl sites for hydroxylation is 2. The molecule has 3 aromatic rings. The Kier molecular flexibility index (Phi) is 6.26. The molecule has 1 fully saturated rings. The Bertz CT molecular complexity index is 1480. The van der Waals surface area contributed by atoms with Crippen molar-refractivity contribution in [1.29, 1.82) is 0 Å². The van der Waals surface area contributed by atoms with Crippen molar-refractivity contribution >= 4 is 28.9 Å². The van der Waals surface area contributed by atoms with Gasteiger partial charge in [0, 0.05) is 17.8 Å². The van der Waals surface area contributed by atoms with Crippen molar-refractivity contribution in [2.75, 3.05) is 18.7 Å². The highest BCUT2D eigenvalue weighted by molar-refractivity contribution is 7.80. The summed E-state index contributed by atoms with van der Waals surface area (Å²) in [5, 5.41) is 7.14. The highest BCUT2D eigenvalue weighted by atomic mass is 32.1. The number of amides is 1. The first-order chi connectivity index (χ1) is 18.8. The van der Waals surface area contributed by atoms with Crippen molar-refractivity contribution in [3.8, 4) is 23.0 Å². The van der Waals surface area contributed by atoms with Gasteiger partial charge in [0.05, 0.1) is 12.6 Å². The van der Waals surface area contributed by atoms with Gasteiger partial charge in [0.25, 0.3) is 0 Å². The lowest BCUT2D eigenvalue weighted by Crippen LogP contribution is -2.71. The Hall–Kier alpha value is -3.98. The molecule has 202 valence electrons. The van der Waals surface area contributed by atoms with E-state index in [2.05, 4.69) is 16.7 Å². The third kappa shape index (κ3) is 4.30. The molecule has 6 rings (SSSR count). The summed E-state index contributed by atoms with van der Waals surface area (Å²) in [6.07, 6.45) is 0. The molecule has 39 heavy (non-hydrogen) atoms. The molecule has 2 bridgehead atoms. The third-order valence-electron chi connectivity index (χ3n) is 7.62. The maximum absolute atomic E-state index is 14.1. The van der Waals surface area contributed by atoms with Gasteiger partial charge < -0.3 is 34.5 Å². The fourth-order valence-electron chi connectivity index (χ4n) is 5.72. The average molecular weight is 546 g/mol. The van der Waals surface area contributed by atoms with Gasteiger partial charge in [0.1, 0.15) is 5.92 Å². The Morgan fingerprint density at radius 3 is 2.77 bits per heavy atom. The van der Waals surface area contributed by atoms with Gasteiger partial charge in [-0.3, -0.25) is 4.79 Å². The first-order valence-electron chi connectivity index (χ1n) is 13.1. The van der Waals surface area contributed by atoms with Crippen molar-refractivity contribution in [2.45, 2.75) is 46.0 Å². The van der Waals surface area contributed by atoms with Gasteiger partial charge in [-0.1, -0.05) is 35.9 Å². The van der Waals surface area contributed by atoms with Crippen molar-refractivity contribution < 1.29 is 23.7 Å². The molecule has 0 aromatic heterocycles. The number of carbonyl (C=O) groups is 1. The maximum atomic E-state index is 14.1. The van der Waals surface area contributed by atoms with Crippen LogP contribution in [-0.2, 0) is 11.3 Å².